The van der Waals surface area contributed by atoms with Crippen LogP contribution in [0.1, 0.15) is 33.5 Å². The van der Waals surface area contributed by atoms with Gasteiger partial charge in [-0.2, -0.15) is 0 Å². The summed E-state index contributed by atoms with van der Waals surface area (Å²) in [6, 6.07) is 19.1. The number of benzene rings is 3. The number of amides is 3. The highest BCUT2D eigenvalue weighted by Gasteiger charge is 2.27. The lowest BCUT2D eigenvalue weighted by Crippen LogP contribution is -2.49. The van der Waals surface area contributed by atoms with Crippen LogP contribution < -0.4 is 10.2 Å². The molecule has 0 aliphatic carbocycles. The molecule has 0 spiro atoms. The van der Waals surface area contributed by atoms with E-state index < -0.39 is 11.7 Å². The van der Waals surface area contributed by atoms with Gasteiger partial charge < -0.3 is 10.2 Å². The van der Waals surface area contributed by atoms with Crippen LogP contribution in [-0.4, -0.2) is 29.9 Å². The van der Waals surface area contributed by atoms with Crippen molar-refractivity contribution in [3.05, 3.63) is 94.8 Å². The van der Waals surface area contributed by atoms with Crippen molar-refractivity contribution in [2.75, 3.05) is 23.3 Å². The summed E-state index contributed by atoms with van der Waals surface area (Å²) in [6.07, 6.45) is 0.850. The molecule has 1 fully saturated rings. The summed E-state index contributed by atoms with van der Waals surface area (Å²) >= 11 is 0. The standard InChI is InChI=1S/C26H26FN3O2/c1-18-11-12-20(15-19(18)2)17-29-13-6-14-30(26(29)32)22-8-5-7-21(16-22)28-25(31)23-9-3-4-10-24(23)27/h3-5,7-12,15-16H,6,13-14,17H2,1-2H3,(H,28,31). The van der Waals surface area contributed by atoms with Crippen molar-refractivity contribution in [3.63, 3.8) is 0 Å². The Morgan fingerprint density at radius 3 is 2.56 bits per heavy atom. The van der Waals surface area contributed by atoms with Crippen molar-refractivity contribution in [3.8, 4) is 0 Å². The quantitative estimate of drug-likeness (QED) is 0.578. The third-order valence-electron chi connectivity index (χ3n) is 5.79. The molecule has 164 valence electrons. The molecule has 1 saturated heterocycles. The van der Waals surface area contributed by atoms with Gasteiger partial charge in [0.15, 0.2) is 0 Å². The van der Waals surface area contributed by atoms with Gasteiger partial charge in [-0.3, -0.25) is 9.69 Å². The Morgan fingerprint density at radius 1 is 0.969 bits per heavy atom. The first-order valence-corrected chi connectivity index (χ1v) is 10.7. The van der Waals surface area contributed by atoms with Crippen LogP contribution in [0.15, 0.2) is 66.7 Å². The summed E-state index contributed by atoms with van der Waals surface area (Å²) in [7, 11) is 0. The highest BCUT2D eigenvalue weighted by molar-refractivity contribution is 6.05. The molecule has 0 unspecified atom stereocenters. The lowest BCUT2D eigenvalue weighted by atomic mass is 10.1. The fraction of sp³-hybridized carbons (Fsp3) is 0.231. The molecule has 0 aromatic heterocycles. The van der Waals surface area contributed by atoms with E-state index in [2.05, 4.69) is 37.4 Å². The Hall–Kier alpha value is -3.67. The zero-order valence-corrected chi connectivity index (χ0v) is 18.3. The monoisotopic (exact) mass is 431 g/mol. The summed E-state index contributed by atoms with van der Waals surface area (Å²) in [5.74, 6) is -1.10. The average molecular weight is 432 g/mol. The maximum Gasteiger partial charge on any atom is 0.324 e. The second kappa shape index (κ2) is 9.22. The molecule has 1 N–H and O–H groups in total. The van der Waals surface area contributed by atoms with Crippen molar-refractivity contribution in [1.29, 1.82) is 0 Å². The first-order valence-electron chi connectivity index (χ1n) is 10.7. The molecule has 6 heteroatoms. The van der Waals surface area contributed by atoms with Crippen LogP contribution in [0, 0.1) is 19.7 Å². The highest BCUT2D eigenvalue weighted by atomic mass is 19.1. The van der Waals surface area contributed by atoms with E-state index in [4.69, 9.17) is 0 Å². The van der Waals surface area contributed by atoms with Gasteiger partial charge in [-0.05, 0) is 67.3 Å². The number of nitrogens with one attached hydrogen (secondary N) is 1. The number of anilines is 2. The van der Waals surface area contributed by atoms with Gasteiger partial charge in [0.2, 0.25) is 0 Å². The molecular weight excluding hydrogens is 405 g/mol. The molecule has 1 aliphatic heterocycles. The largest absolute Gasteiger partial charge is 0.324 e. The van der Waals surface area contributed by atoms with Gasteiger partial charge in [-0.15, -0.1) is 0 Å². The van der Waals surface area contributed by atoms with E-state index in [1.165, 1.54) is 23.3 Å². The van der Waals surface area contributed by atoms with E-state index in [-0.39, 0.29) is 11.6 Å². The molecule has 1 aliphatic rings. The maximum atomic E-state index is 13.9. The van der Waals surface area contributed by atoms with Crippen molar-refractivity contribution in [2.24, 2.45) is 0 Å². The Morgan fingerprint density at radius 2 is 1.78 bits per heavy atom. The Labute approximate surface area is 187 Å². The van der Waals surface area contributed by atoms with Gasteiger partial charge in [0.1, 0.15) is 5.82 Å². The van der Waals surface area contributed by atoms with E-state index in [9.17, 15) is 14.0 Å². The number of urea groups is 1. The van der Waals surface area contributed by atoms with E-state index in [1.54, 1.807) is 35.2 Å². The van der Waals surface area contributed by atoms with Crippen LogP contribution in [0.25, 0.3) is 0 Å². The lowest BCUT2D eigenvalue weighted by molar-refractivity contribution is 0.102. The molecule has 3 amide bonds. The van der Waals surface area contributed by atoms with Crippen molar-refractivity contribution >= 4 is 23.3 Å². The van der Waals surface area contributed by atoms with Crippen LogP contribution in [-0.2, 0) is 6.54 Å². The van der Waals surface area contributed by atoms with Crippen LogP contribution in [0.3, 0.4) is 0 Å². The zero-order valence-electron chi connectivity index (χ0n) is 18.3. The third-order valence-corrected chi connectivity index (χ3v) is 5.79. The van der Waals surface area contributed by atoms with Crippen molar-refractivity contribution in [1.82, 2.24) is 4.90 Å². The molecule has 0 saturated carbocycles. The highest BCUT2D eigenvalue weighted by Crippen LogP contribution is 2.25. The summed E-state index contributed by atoms with van der Waals surface area (Å²) in [6.45, 7) is 6.01. The molecule has 0 radical (unpaired) electrons. The minimum atomic E-state index is -0.575. The Bertz CT molecular complexity index is 1160. The Kier molecular flexibility index (Phi) is 6.21. The molecular formula is C26H26FN3O2. The minimum absolute atomic E-state index is 0.0217. The summed E-state index contributed by atoms with van der Waals surface area (Å²) in [4.78, 5) is 29.2. The van der Waals surface area contributed by atoms with Gasteiger partial charge >= 0.3 is 6.03 Å². The maximum absolute atomic E-state index is 13.9. The Balaban J connectivity index is 1.49. The first kappa shape index (κ1) is 21.6. The summed E-state index contributed by atoms with van der Waals surface area (Å²) in [5.41, 5.74) is 4.73. The van der Waals surface area contributed by atoms with Crippen molar-refractivity contribution < 1.29 is 14.0 Å². The van der Waals surface area contributed by atoms with E-state index in [1.807, 2.05) is 11.0 Å². The number of aryl methyl sites for hydroxylation is 2. The predicted octanol–water partition coefficient (Wildman–Crippen LogP) is 5.53. The normalized spacial score (nSPS) is 13.9. The number of hydrogen-bond acceptors (Lipinski definition) is 2. The van der Waals surface area contributed by atoms with E-state index in [0.29, 0.717) is 31.0 Å². The predicted molar refractivity (Wildman–Crippen MR) is 124 cm³/mol. The smallest absolute Gasteiger partial charge is 0.322 e. The third kappa shape index (κ3) is 4.64. The minimum Gasteiger partial charge on any atom is -0.322 e. The summed E-state index contributed by atoms with van der Waals surface area (Å²) < 4.78 is 13.9. The first-order chi connectivity index (χ1) is 15.4. The number of carbonyl (C=O) groups excluding carboxylic acids is 2. The molecule has 0 atom stereocenters. The number of nitrogens with zero attached hydrogens (tertiary/aromatic N) is 2. The van der Waals surface area contributed by atoms with Gasteiger partial charge in [0, 0.05) is 31.0 Å². The molecule has 0 bridgehead atoms. The average Bonchev–Trinajstić information content (AvgIpc) is 2.78. The van der Waals surface area contributed by atoms with Crippen LogP contribution in [0.2, 0.25) is 0 Å². The molecule has 5 nitrogen and oxygen atoms in total. The molecule has 4 rings (SSSR count). The zero-order chi connectivity index (χ0) is 22.7. The lowest BCUT2D eigenvalue weighted by Gasteiger charge is -2.36. The van der Waals surface area contributed by atoms with Gasteiger partial charge in [0.25, 0.3) is 5.91 Å². The van der Waals surface area contributed by atoms with E-state index >= 15 is 0 Å². The van der Waals surface area contributed by atoms with Crippen LogP contribution in [0.5, 0.6) is 0 Å². The van der Waals surface area contributed by atoms with Gasteiger partial charge in [0.05, 0.1) is 5.56 Å². The SMILES string of the molecule is Cc1ccc(CN2CCCN(c3cccc(NC(=O)c4ccccc4F)c3)C2=O)cc1C. The van der Waals surface area contributed by atoms with Crippen LogP contribution >= 0.6 is 0 Å². The van der Waals surface area contributed by atoms with E-state index in [0.717, 1.165) is 12.0 Å². The molecule has 3 aromatic rings. The van der Waals surface area contributed by atoms with Gasteiger partial charge in [-0.1, -0.05) is 36.4 Å². The number of hydrogen-bond donors (Lipinski definition) is 1. The van der Waals surface area contributed by atoms with Crippen molar-refractivity contribution in [2.45, 2.75) is 26.8 Å². The summed E-state index contributed by atoms with van der Waals surface area (Å²) in [5, 5.41) is 2.73. The number of halogens is 1. The van der Waals surface area contributed by atoms with Crippen LogP contribution in [0.4, 0.5) is 20.6 Å². The van der Waals surface area contributed by atoms with Gasteiger partial charge in [-0.25, -0.2) is 9.18 Å². The fourth-order valence-electron chi connectivity index (χ4n) is 3.89. The second-order valence-corrected chi connectivity index (χ2v) is 8.11. The fourth-order valence-corrected chi connectivity index (χ4v) is 3.89. The molecule has 32 heavy (non-hydrogen) atoms. The molecule has 3 aromatic carbocycles. The topological polar surface area (TPSA) is 52.6 Å². The second-order valence-electron chi connectivity index (χ2n) is 8.11. The number of rotatable bonds is 5. The molecule has 1 heterocycles. The number of carbonyl (C=O) groups is 2.